The lowest BCUT2D eigenvalue weighted by Gasteiger charge is -2.28. The molecule has 0 N–H and O–H groups in total. The molecule has 1 aromatic rings. The summed E-state index contributed by atoms with van der Waals surface area (Å²) >= 11 is 2.04. The minimum atomic E-state index is 1.17. The molecular formula is C10H12NS. The predicted molar refractivity (Wildman–Crippen MR) is 54.8 cm³/mol. The summed E-state index contributed by atoms with van der Waals surface area (Å²) in [5.41, 5.74) is 1.25. The van der Waals surface area contributed by atoms with Gasteiger partial charge in [0.1, 0.15) is 0 Å². The number of anilines is 1. The summed E-state index contributed by atoms with van der Waals surface area (Å²) in [6.45, 7) is 2.34. The van der Waals surface area contributed by atoms with Crippen LogP contribution in [0.2, 0.25) is 0 Å². The smallest absolute Gasteiger partial charge is 0.0447 e. The van der Waals surface area contributed by atoms with E-state index >= 15 is 0 Å². The molecule has 0 bridgehead atoms. The molecule has 1 nitrogen and oxygen atoms in total. The van der Waals surface area contributed by atoms with E-state index in [4.69, 9.17) is 0 Å². The number of hydrogen-bond acceptors (Lipinski definition) is 2. The van der Waals surface area contributed by atoms with Gasteiger partial charge in [-0.1, -0.05) is 18.2 Å². The third-order valence-corrected chi connectivity index (χ3v) is 2.99. The zero-order chi connectivity index (χ0) is 8.23. The number of hydrogen-bond donors (Lipinski definition) is 0. The first-order valence-corrected chi connectivity index (χ1v) is 5.42. The Balaban J connectivity index is 2.08. The van der Waals surface area contributed by atoms with Crippen molar-refractivity contribution in [1.29, 1.82) is 0 Å². The van der Waals surface area contributed by atoms with Crippen molar-refractivity contribution in [2.24, 2.45) is 0 Å². The van der Waals surface area contributed by atoms with Crippen LogP contribution < -0.4 is 4.90 Å². The highest BCUT2D eigenvalue weighted by Gasteiger charge is 2.09. The van der Waals surface area contributed by atoms with E-state index in [1.807, 2.05) is 23.9 Å². The summed E-state index contributed by atoms with van der Waals surface area (Å²) < 4.78 is 0. The van der Waals surface area contributed by atoms with Crippen LogP contribution in [0.5, 0.6) is 0 Å². The number of rotatable bonds is 1. The quantitative estimate of drug-likeness (QED) is 0.647. The van der Waals surface area contributed by atoms with Crippen LogP contribution in [0.15, 0.2) is 24.3 Å². The van der Waals surface area contributed by atoms with Crippen molar-refractivity contribution in [1.82, 2.24) is 0 Å². The maximum Gasteiger partial charge on any atom is 0.0447 e. The molecule has 1 fully saturated rings. The maximum atomic E-state index is 3.25. The van der Waals surface area contributed by atoms with E-state index in [2.05, 4.69) is 23.1 Å². The van der Waals surface area contributed by atoms with Gasteiger partial charge >= 0.3 is 0 Å². The summed E-state index contributed by atoms with van der Waals surface area (Å²) in [5, 5.41) is 0. The molecule has 0 atom stereocenters. The first-order valence-electron chi connectivity index (χ1n) is 4.26. The molecule has 1 aromatic carbocycles. The largest absolute Gasteiger partial charge is 0.369 e. The third kappa shape index (κ3) is 1.75. The lowest BCUT2D eigenvalue weighted by molar-refractivity contribution is 0.858. The van der Waals surface area contributed by atoms with E-state index in [9.17, 15) is 0 Å². The van der Waals surface area contributed by atoms with Crippen molar-refractivity contribution in [2.45, 2.75) is 0 Å². The predicted octanol–water partition coefficient (Wildman–Crippen LogP) is 2.04. The Kier molecular flexibility index (Phi) is 2.57. The van der Waals surface area contributed by atoms with Gasteiger partial charge in [-0.25, -0.2) is 0 Å². The van der Waals surface area contributed by atoms with Crippen LogP contribution in [0.25, 0.3) is 0 Å². The first-order chi connectivity index (χ1) is 5.97. The average molecular weight is 178 g/mol. The lowest BCUT2D eigenvalue weighted by atomic mass is 10.3. The Hall–Kier alpha value is -0.630. The molecule has 1 radical (unpaired) electrons. The molecule has 0 amide bonds. The van der Waals surface area contributed by atoms with Gasteiger partial charge in [0, 0.05) is 36.3 Å². The number of thioether (sulfide) groups is 1. The molecule has 1 heterocycles. The fourth-order valence-electron chi connectivity index (χ4n) is 1.38. The van der Waals surface area contributed by atoms with Crippen LogP contribution in [0.4, 0.5) is 5.69 Å². The highest BCUT2D eigenvalue weighted by molar-refractivity contribution is 7.99. The number of para-hydroxylation sites is 1. The monoisotopic (exact) mass is 178 g/mol. The van der Waals surface area contributed by atoms with Crippen molar-refractivity contribution in [3.63, 3.8) is 0 Å². The maximum absolute atomic E-state index is 3.25. The Labute approximate surface area is 77.8 Å². The molecule has 0 unspecified atom stereocenters. The second-order valence-electron chi connectivity index (χ2n) is 2.85. The van der Waals surface area contributed by atoms with Crippen molar-refractivity contribution >= 4 is 17.4 Å². The van der Waals surface area contributed by atoms with Gasteiger partial charge in [0.15, 0.2) is 0 Å². The van der Waals surface area contributed by atoms with E-state index in [0.29, 0.717) is 0 Å². The minimum absolute atomic E-state index is 1.17. The van der Waals surface area contributed by atoms with Crippen LogP contribution >= 0.6 is 11.8 Å². The Bertz CT molecular complexity index is 229. The van der Waals surface area contributed by atoms with Crippen LogP contribution in [0.1, 0.15) is 0 Å². The fraction of sp³-hybridized carbons (Fsp3) is 0.400. The zero-order valence-electron chi connectivity index (χ0n) is 6.99. The molecular weight excluding hydrogens is 166 g/mol. The van der Waals surface area contributed by atoms with Crippen molar-refractivity contribution in [2.75, 3.05) is 29.5 Å². The molecule has 0 saturated carbocycles. The van der Waals surface area contributed by atoms with Gasteiger partial charge in [0.2, 0.25) is 0 Å². The molecule has 1 aliphatic rings. The normalized spacial score (nSPS) is 17.8. The van der Waals surface area contributed by atoms with Gasteiger partial charge in [-0.3, -0.25) is 0 Å². The molecule has 0 aromatic heterocycles. The van der Waals surface area contributed by atoms with E-state index in [0.717, 1.165) is 0 Å². The minimum Gasteiger partial charge on any atom is -0.369 e. The summed E-state index contributed by atoms with van der Waals surface area (Å²) in [6.07, 6.45) is 0. The molecule has 0 aliphatic carbocycles. The molecule has 1 aliphatic heterocycles. The summed E-state index contributed by atoms with van der Waals surface area (Å²) in [5.74, 6) is 2.51. The number of nitrogens with zero attached hydrogens (tertiary/aromatic N) is 1. The van der Waals surface area contributed by atoms with Crippen molar-refractivity contribution in [3.05, 3.63) is 30.3 Å². The van der Waals surface area contributed by atoms with E-state index in [1.165, 1.54) is 30.3 Å². The van der Waals surface area contributed by atoms with Crippen LogP contribution in [0, 0.1) is 6.07 Å². The fourth-order valence-corrected chi connectivity index (χ4v) is 2.29. The van der Waals surface area contributed by atoms with Crippen molar-refractivity contribution < 1.29 is 0 Å². The van der Waals surface area contributed by atoms with Crippen molar-refractivity contribution in [3.8, 4) is 0 Å². The van der Waals surface area contributed by atoms with Crippen LogP contribution in [0.3, 0.4) is 0 Å². The summed E-state index contributed by atoms with van der Waals surface area (Å²) in [7, 11) is 0. The van der Waals surface area contributed by atoms with Gasteiger partial charge in [-0.2, -0.15) is 11.8 Å². The molecule has 12 heavy (non-hydrogen) atoms. The SMILES string of the molecule is [c]1ccccc1N1CCSCC1. The van der Waals surface area contributed by atoms with E-state index in [1.54, 1.807) is 0 Å². The first kappa shape index (κ1) is 7.99. The third-order valence-electron chi connectivity index (χ3n) is 2.04. The highest BCUT2D eigenvalue weighted by Crippen LogP contribution is 2.17. The van der Waals surface area contributed by atoms with Gasteiger partial charge in [0.05, 0.1) is 0 Å². The zero-order valence-corrected chi connectivity index (χ0v) is 7.81. The van der Waals surface area contributed by atoms with Gasteiger partial charge < -0.3 is 4.90 Å². The molecule has 0 spiro atoms. The van der Waals surface area contributed by atoms with Gasteiger partial charge in [-0.05, 0) is 6.07 Å². The summed E-state index contributed by atoms with van der Waals surface area (Å²) in [6, 6.07) is 11.5. The molecule has 1 saturated heterocycles. The average Bonchev–Trinajstić information content (AvgIpc) is 2.21. The van der Waals surface area contributed by atoms with Gasteiger partial charge in [0.25, 0.3) is 0 Å². The Morgan fingerprint density at radius 2 is 2.08 bits per heavy atom. The second-order valence-corrected chi connectivity index (χ2v) is 4.07. The Morgan fingerprint density at radius 1 is 1.25 bits per heavy atom. The highest BCUT2D eigenvalue weighted by atomic mass is 32.2. The standard InChI is InChI=1S/C10H12NS/c1-2-4-10(5-3-1)11-6-8-12-9-7-11/h1-4H,6-9H2. The topological polar surface area (TPSA) is 3.24 Å². The van der Waals surface area contributed by atoms with Gasteiger partial charge in [-0.15, -0.1) is 0 Å². The molecule has 2 heteroatoms. The van der Waals surface area contributed by atoms with Crippen LogP contribution in [-0.2, 0) is 0 Å². The van der Waals surface area contributed by atoms with E-state index < -0.39 is 0 Å². The Morgan fingerprint density at radius 3 is 2.75 bits per heavy atom. The van der Waals surface area contributed by atoms with Crippen LogP contribution in [-0.4, -0.2) is 24.6 Å². The van der Waals surface area contributed by atoms with E-state index in [-0.39, 0.29) is 0 Å². The number of benzene rings is 1. The molecule has 2 rings (SSSR count). The second kappa shape index (κ2) is 3.85. The molecule has 63 valence electrons. The summed E-state index contributed by atoms with van der Waals surface area (Å²) in [4.78, 5) is 2.40. The lowest BCUT2D eigenvalue weighted by Crippen LogP contribution is -2.32.